The molecular weight excluding hydrogens is 379 g/mol. The minimum absolute atomic E-state index is 0.00647. The lowest BCUT2D eigenvalue weighted by Gasteiger charge is -2.22. The number of hydrogen-bond donors (Lipinski definition) is 1. The van der Waals surface area contributed by atoms with Crippen LogP contribution in [0.25, 0.3) is 0 Å². The Hall–Kier alpha value is -2.12. The Morgan fingerprint density at radius 1 is 1.19 bits per heavy atom. The number of nitrogens with zero attached hydrogens (tertiary/aromatic N) is 1. The van der Waals surface area contributed by atoms with Crippen molar-refractivity contribution in [3.05, 3.63) is 64.4 Å². The lowest BCUT2D eigenvalue weighted by Crippen LogP contribution is -2.34. The molecule has 0 aliphatic rings. The minimum atomic E-state index is -3.56. The van der Waals surface area contributed by atoms with Gasteiger partial charge in [-0.1, -0.05) is 29.8 Å². The summed E-state index contributed by atoms with van der Waals surface area (Å²) in [4.78, 5) is 12.0. The molecule has 8 heteroatoms. The zero-order valence-corrected chi connectivity index (χ0v) is 16.1. The molecule has 0 radical (unpaired) electrons. The molecule has 0 spiro atoms. The Kier molecular flexibility index (Phi) is 6.61. The van der Waals surface area contributed by atoms with Gasteiger partial charge in [-0.3, -0.25) is 9.10 Å². The van der Waals surface area contributed by atoms with Crippen molar-refractivity contribution in [1.29, 1.82) is 0 Å². The molecule has 1 N–H and O–H groups in total. The second kappa shape index (κ2) is 8.51. The fourth-order valence-corrected chi connectivity index (χ4v) is 3.41. The van der Waals surface area contributed by atoms with Crippen LogP contribution in [-0.2, 0) is 21.4 Å². The monoisotopic (exact) mass is 398 g/mol. The van der Waals surface area contributed by atoms with Crippen LogP contribution >= 0.6 is 11.6 Å². The average Bonchev–Trinajstić information content (AvgIpc) is 2.56. The smallest absolute Gasteiger partial charge is 0.232 e. The van der Waals surface area contributed by atoms with Crippen LogP contribution in [0.2, 0.25) is 5.02 Å². The quantitative estimate of drug-likeness (QED) is 0.778. The number of sulfonamides is 1. The molecule has 0 aliphatic heterocycles. The third-order valence-electron chi connectivity index (χ3n) is 3.79. The highest BCUT2D eigenvalue weighted by atomic mass is 35.5. The third-order valence-corrected chi connectivity index (χ3v) is 5.39. The van der Waals surface area contributed by atoms with Gasteiger partial charge in [-0.2, -0.15) is 0 Å². The van der Waals surface area contributed by atoms with Crippen LogP contribution < -0.4 is 9.62 Å². The molecule has 140 valence electrons. The second-order valence-corrected chi connectivity index (χ2v) is 8.24. The maximum Gasteiger partial charge on any atom is 0.232 e. The van der Waals surface area contributed by atoms with E-state index in [-0.39, 0.29) is 31.2 Å². The normalized spacial score (nSPS) is 11.2. The molecule has 0 heterocycles. The summed E-state index contributed by atoms with van der Waals surface area (Å²) < 4.78 is 38.1. The number of aryl methyl sites for hydroxylation is 1. The van der Waals surface area contributed by atoms with Crippen LogP contribution in [0.5, 0.6) is 0 Å². The molecule has 26 heavy (non-hydrogen) atoms. The summed E-state index contributed by atoms with van der Waals surface area (Å²) in [7, 11) is -3.56. The van der Waals surface area contributed by atoms with E-state index < -0.39 is 10.0 Å². The van der Waals surface area contributed by atoms with Gasteiger partial charge in [0.2, 0.25) is 15.9 Å². The molecule has 0 fully saturated rings. The Labute approximate surface area is 157 Å². The van der Waals surface area contributed by atoms with Gasteiger partial charge >= 0.3 is 0 Å². The molecular formula is C18H20ClFN2O3S. The van der Waals surface area contributed by atoms with Crippen molar-refractivity contribution in [1.82, 2.24) is 5.32 Å². The number of hydrogen-bond acceptors (Lipinski definition) is 3. The number of carbonyl (C=O) groups excluding carboxylic acids is 1. The second-order valence-electron chi connectivity index (χ2n) is 5.92. The van der Waals surface area contributed by atoms with E-state index in [0.717, 1.165) is 21.7 Å². The number of amides is 1. The van der Waals surface area contributed by atoms with E-state index in [0.29, 0.717) is 10.7 Å². The zero-order valence-electron chi connectivity index (χ0n) is 14.5. The molecule has 0 aliphatic carbocycles. The maximum absolute atomic E-state index is 12.9. The Bertz CT molecular complexity index is 886. The Balaban J connectivity index is 1.99. The molecule has 0 saturated heterocycles. The minimum Gasteiger partial charge on any atom is -0.352 e. The first-order chi connectivity index (χ1) is 12.2. The molecule has 1 amide bonds. The van der Waals surface area contributed by atoms with Crippen molar-refractivity contribution in [2.75, 3.05) is 17.1 Å². The highest BCUT2D eigenvalue weighted by Crippen LogP contribution is 2.25. The summed E-state index contributed by atoms with van der Waals surface area (Å²) in [5.41, 5.74) is 2.00. The molecule has 0 bridgehead atoms. The Morgan fingerprint density at radius 2 is 1.85 bits per heavy atom. The summed E-state index contributed by atoms with van der Waals surface area (Å²) in [6, 6.07) is 10.7. The van der Waals surface area contributed by atoms with Crippen LogP contribution in [0.15, 0.2) is 42.5 Å². The SMILES string of the molecule is Cc1ccc(N(CCC(=O)NCc2ccc(F)cc2)S(C)(=O)=O)cc1Cl. The third kappa shape index (κ3) is 5.71. The highest BCUT2D eigenvalue weighted by molar-refractivity contribution is 7.92. The van der Waals surface area contributed by atoms with Crippen LogP contribution in [0.4, 0.5) is 10.1 Å². The molecule has 0 atom stereocenters. The van der Waals surface area contributed by atoms with Crippen molar-refractivity contribution in [3.63, 3.8) is 0 Å². The van der Waals surface area contributed by atoms with E-state index >= 15 is 0 Å². The molecule has 2 rings (SSSR count). The van der Waals surface area contributed by atoms with E-state index in [4.69, 9.17) is 11.6 Å². The van der Waals surface area contributed by atoms with Crippen LogP contribution in [-0.4, -0.2) is 27.1 Å². The summed E-state index contributed by atoms with van der Waals surface area (Å²) in [5.74, 6) is -0.651. The Morgan fingerprint density at radius 3 is 2.42 bits per heavy atom. The summed E-state index contributed by atoms with van der Waals surface area (Å²) in [6.45, 7) is 2.06. The van der Waals surface area contributed by atoms with Crippen molar-refractivity contribution in [3.8, 4) is 0 Å². The first kappa shape index (κ1) is 20.2. The fourth-order valence-electron chi connectivity index (χ4n) is 2.32. The predicted octanol–water partition coefficient (Wildman–Crippen LogP) is 3.26. The molecule has 5 nitrogen and oxygen atoms in total. The van der Waals surface area contributed by atoms with Gasteiger partial charge < -0.3 is 5.32 Å². The van der Waals surface area contributed by atoms with E-state index in [1.165, 1.54) is 12.1 Å². The number of anilines is 1. The van der Waals surface area contributed by atoms with Gasteiger partial charge in [-0.25, -0.2) is 12.8 Å². The van der Waals surface area contributed by atoms with Gasteiger partial charge in [0.25, 0.3) is 0 Å². The number of halogens is 2. The summed E-state index contributed by atoms with van der Waals surface area (Å²) in [5, 5.41) is 3.14. The first-order valence-corrected chi connectivity index (χ1v) is 10.1. The molecule has 0 aromatic heterocycles. The number of rotatable bonds is 7. The fraction of sp³-hybridized carbons (Fsp3) is 0.278. The van der Waals surface area contributed by atoms with Gasteiger partial charge in [0.15, 0.2) is 0 Å². The maximum atomic E-state index is 12.9. The van der Waals surface area contributed by atoms with Gasteiger partial charge in [-0.05, 0) is 42.3 Å². The predicted molar refractivity (Wildman–Crippen MR) is 101 cm³/mol. The van der Waals surface area contributed by atoms with Crippen molar-refractivity contribution < 1.29 is 17.6 Å². The van der Waals surface area contributed by atoms with Gasteiger partial charge in [-0.15, -0.1) is 0 Å². The molecule has 2 aromatic rings. The summed E-state index contributed by atoms with van der Waals surface area (Å²) >= 11 is 6.07. The van der Waals surface area contributed by atoms with E-state index in [2.05, 4.69) is 5.32 Å². The highest BCUT2D eigenvalue weighted by Gasteiger charge is 2.19. The van der Waals surface area contributed by atoms with Crippen molar-refractivity contribution in [2.24, 2.45) is 0 Å². The topological polar surface area (TPSA) is 66.5 Å². The van der Waals surface area contributed by atoms with Gasteiger partial charge in [0.1, 0.15) is 5.82 Å². The first-order valence-electron chi connectivity index (χ1n) is 7.92. The average molecular weight is 399 g/mol. The van der Waals surface area contributed by atoms with E-state index in [1.54, 1.807) is 30.3 Å². The lowest BCUT2D eigenvalue weighted by molar-refractivity contribution is -0.121. The van der Waals surface area contributed by atoms with Gasteiger partial charge in [0.05, 0.1) is 11.9 Å². The standard InChI is InChI=1S/C18H20ClFN2O3S/c1-13-3-8-16(11-17(13)19)22(26(2,24)25)10-9-18(23)21-12-14-4-6-15(20)7-5-14/h3-8,11H,9-10,12H2,1-2H3,(H,21,23). The number of nitrogens with one attached hydrogen (secondary N) is 1. The molecule has 0 unspecified atom stereocenters. The van der Waals surface area contributed by atoms with Crippen molar-refractivity contribution in [2.45, 2.75) is 19.9 Å². The van der Waals surface area contributed by atoms with Gasteiger partial charge in [0, 0.05) is 24.5 Å². The zero-order chi connectivity index (χ0) is 19.3. The molecule has 0 saturated carbocycles. The summed E-state index contributed by atoms with van der Waals surface area (Å²) in [6.07, 6.45) is 1.07. The van der Waals surface area contributed by atoms with E-state index in [9.17, 15) is 17.6 Å². The van der Waals surface area contributed by atoms with Crippen LogP contribution in [0, 0.1) is 12.7 Å². The lowest BCUT2D eigenvalue weighted by atomic mass is 10.2. The largest absolute Gasteiger partial charge is 0.352 e. The molecule has 2 aromatic carbocycles. The van der Waals surface area contributed by atoms with E-state index in [1.807, 2.05) is 6.92 Å². The number of benzene rings is 2. The van der Waals surface area contributed by atoms with Crippen LogP contribution in [0.1, 0.15) is 17.5 Å². The van der Waals surface area contributed by atoms with Crippen molar-refractivity contribution >= 4 is 33.2 Å². The van der Waals surface area contributed by atoms with Crippen LogP contribution in [0.3, 0.4) is 0 Å². The number of carbonyl (C=O) groups is 1.